The predicted octanol–water partition coefficient (Wildman–Crippen LogP) is 1.04. The summed E-state index contributed by atoms with van der Waals surface area (Å²) < 4.78 is 10.7. The van der Waals surface area contributed by atoms with Crippen LogP contribution in [0.4, 0.5) is 0 Å². The molecule has 0 unspecified atom stereocenters. The fourth-order valence-corrected chi connectivity index (χ4v) is 2.73. The van der Waals surface area contributed by atoms with Crippen LogP contribution in [0.1, 0.15) is 35.0 Å². The SMILES string of the molecule is COCC1(CNC(=O)c2oc(C)nc2C)CCNCC1. The molecule has 2 heterocycles. The number of amides is 1. The number of carbonyl (C=O) groups excluding carboxylic acids is 1. The molecule has 1 fully saturated rings. The summed E-state index contributed by atoms with van der Waals surface area (Å²) >= 11 is 0. The Labute approximate surface area is 119 Å². The van der Waals surface area contributed by atoms with Crippen LogP contribution >= 0.6 is 0 Å². The Morgan fingerprint density at radius 3 is 2.70 bits per heavy atom. The lowest BCUT2D eigenvalue weighted by Crippen LogP contribution is -2.47. The van der Waals surface area contributed by atoms with Gasteiger partial charge in [0.1, 0.15) is 0 Å². The van der Waals surface area contributed by atoms with E-state index in [4.69, 9.17) is 9.15 Å². The third-order valence-corrected chi connectivity index (χ3v) is 3.85. The van der Waals surface area contributed by atoms with Crippen molar-refractivity contribution in [2.24, 2.45) is 5.41 Å². The molecule has 6 heteroatoms. The second-order valence-corrected chi connectivity index (χ2v) is 5.51. The Bertz CT molecular complexity index is 459. The molecule has 1 amide bonds. The molecule has 2 N–H and O–H groups in total. The van der Waals surface area contributed by atoms with Gasteiger partial charge in [0.2, 0.25) is 5.76 Å². The first-order chi connectivity index (χ1) is 9.56. The molecular formula is C14H23N3O3. The maximum absolute atomic E-state index is 12.2. The number of piperidine rings is 1. The summed E-state index contributed by atoms with van der Waals surface area (Å²) in [5, 5.41) is 6.30. The monoisotopic (exact) mass is 281 g/mol. The van der Waals surface area contributed by atoms with Gasteiger partial charge >= 0.3 is 0 Å². The zero-order chi connectivity index (χ0) is 14.6. The van der Waals surface area contributed by atoms with Gasteiger partial charge in [-0.25, -0.2) is 4.98 Å². The first-order valence-electron chi connectivity index (χ1n) is 6.98. The van der Waals surface area contributed by atoms with Crippen LogP contribution in [-0.4, -0.2) is 44.2 Å². The molecule has 1 saturated heterocycles. The highest BCUT2D eigenvalue weighted by Gasteiger charge is 2.33. The van der Waals surface area contributed by atoms with E-state index in [1.165, 1.54) is 0 Å². The Hall–Kier alpha value is -1.40. The molecule has 1 aliphatic heterocycles. The summed E-state index contributed by atoms with van der Waals surface area (Å²) in [6, 6.07) is 0. The number of aryl methyl sites for hydroxylation is 2. The van der Waals surface area contributed by atoms with E-state index >= 15 is 0 Å². The van der Waals surface area contributed by atoms with Gasteiger partial charge in [0.25, 0.3) is 5.91 Å². The number of nitrogens with zero attached hydrogens (tertiary/aromatic N) is 1. The number of hydrogen-bond donors (Lipinski definition) is 2. The third-order valence-electron chi connectivity index (χ3n) is 3.85. The van der Waals surface area contributed by atoms with E-state index in [1.54, 1.807) is 21.0 Å². The van der Waals surface area contributed by atoms with Crippen LogP contribution in [0, 0.1) is 19.3 Å². The Morgan fingerprint density at radius 2 is 2.15 bits per heavy atom. The number of aromatic nitrogens is 1. The van der Waals surface area contributed by atoms with Crippen molar-refractivity contribution in [2.75, 3.05) is 33.4 Å². The molecule has 2 rings (SSSR count). The van der Waals surface area contributed by atoms with Gasteiger partial charge in [0, 0.05) is 26.0 Å². The van der Waals surface area contributed by atoms with Crippen LogP contribution < -0.4 is 10.6 Å². The Kier molecular flexibility index (Phi) is 4.77. The fourth-order valence-electron chi connectivity index (χ4n) is 2.73. The van der Waals surface area contributed by atoms with Crippen molar-refractivity contribution >= 4 is 5.91 Å². The van der Waals surface area contributed by atoms with E-state index in [9.17, 15) is 4.79 Å². The maximum Gasteiger partial charge on any atom is 0.289 e. The minimum atomic E-state index is -0.197. The molecule has 20 heavy (non-hydrogen) atoms. The van der Waals surface area contributed by atoms with E-state index in [-0.39, 0.29) is 11.3 Å². The van der Waals surface area contributed by atoms with Crippen LogP contribution in [0.2, 0.25) is 0 Å². The highest BCUT2D eigenvalue weighted by Crippen LogP contribution is 2.28. The zero-order valence-electron chi connectivity index (χ0n) is 12.4. The molecular weight excluding hydrogens is 258 g/mol. The van der Waals surface area contributed by atoms with Gasteiger partial charge in [-0.1, -0.05) is 0 Å². The molecule has 1 aliphatic rings. The molecule has 0 radical (unpaired) electrons. The van der Waals surface area contributed by atoms with Gasteiger partial charge in [0.05, 0.1) is 12.3 Å². The summed E-state index contributed by atoms with van der Waals surface area (Å²) in [4.78, 5) is 16.3. The lowest BCUT2D eigenvalue weighted by Gasteiger charge is -2.37. The van der Waals surface area contributed by atoms with Gasteiger partial charge in [-0.15, -0.1) is 0 Å². The molecule has 0 bridgehead atoms. The average Bonchev–Trinajstić information content (AvgIpc) is 2.77. The lowest BCUT2D eigenvalue weighted by molar-refractivity contribution is 0.0506. The normalized spacial score (nSPS) is 17.9. The van der Waals surface area contributed by atoms with Crippen molar-refractivity contribution in [3.63, 3.8) is 0 Å². The van der Waals surface area contributed by atoms with Gasteiger partial charge in [-0.2, -0.15) is 0 Å². The van der Waals surface area contributed by atoms with E-state index in [0.29, 0.717) is 30.5 Å². The van der Waals surface area contributed by atoms with Crippen molar-refractivity contribution in [3.05, 3.63) is 17.3 Å². The minimum absolute atomic E-state index is 0.0125. The molecule has 0 atom stereocenters. The van der Waals surface area contributed by atoms with Crippen LogP contribution in [0.3, 0.4) is 0 Å². The Balaban J connectivity index is 1.98. The molecule has 6 nitrogen and oxygen atoms in total. The summed E-state index contributed by atoms with van der Waals surface area (Å²) in [6.45, 7) is 6.69. The third kappa shape index (κ3) is 3.37. The fraction of sp³-hybridized carbons (Fsp3) is 0.714. The predicted molar refractivity (Wildman–Crippen MR) is 74.7 cm³/mol. The topological polar surface area (TPSA) is 76.4 Å². The van der Waals surface area contributed by atoms with Crippen LogP contribution in [0.5, 0.6) is 0 Å². The van der Waals surface area contributed by atoms with Crippen molar-refractivity contribution in [2.45, 2.75) is 26.7 Å². The van der Waals surface area contributed by atoms with E-state index in [2.05, 4.69) is 15.6 Å². The van der Waals surface area contributed by atoms with E-state index in [0.717, 1.165) is 25.9 Å². The van der Waals surface area contributed by atoms with Gasteiger partial charge in [-0.3, -0.25) is 4.79 Å². The number of rotatable bonds is 5. The highest BCUT2D eigenvalue weighted by atomic mass is 16.5. The quantitative estimate of drug-likeness (QED) is 0.843. The lowest BCUT2D eigenvalue weighted by atomic mass is 9.79. The van der Waals surface area contributed by atoms with E-state index < -0.39 is 0 Å². The molecule has 0 spiro atoms. The standard InChI is InChI=1S/C14H23N3O3/c1-10-12(20-11(2)17-10)13(18)16-8-14(9-19-3)4-6-15-7-5-14/h15H,4-9H2,1-3H3,(H,16,18). The molecule has 112 valence electrons. The van der Waals surface area contributed by atoms with Gasteiger partial charge in [-0.05, 0) is 32.9 Å². The molecule has 0 aromatic carbocycles. The maximum atomic E-state index is 12.2. The highest BCUT2D eigenvalue weighted by molar-refractivity contribution is 5.92. The number of oxazole rings is 1. The largest absolute Gasteiger partial charge is 0.436 e. The molecule has 0 aliphatic carbocycles. The summed E-state index contributed by atoms with van der Waals surface area (Å²) in [5.41, 5.74) is 0.643. The van der Waals surface area contributed by atoms with Gasteiger partial charge < -0.3 is 19.8 Å². The van der Waals surface area contributed by atoms with Crippen molar-refractivity contribution in [3.8, 4) is 0 Å². The summed E-state index contributed by atoms with van der Waals surface area (Å²) in [6.07, 6.45) is 1.99. The number of methoxy groups -OCH3 is 1. The zero-order valence-corrected chi connectivity index (χ0v) is 12.4. The molecule has 1 aromatic heterocycles. The van der Waals surface area contributed by atoms with Crippen molar-refractivity contribution in [1.82, 2.24) is 15.6 Å². The van der Waals surface area contributed by atoms with Gasteiger partial charge in [0.15, 0.2) is 5.89 Å². The average molecular weight is 281 g/mol. The number of ether oxygens (including phenoxy) is 1. The first-order valence-corrected chi connectivity index (χ1v) is 6.98. The van der Waals surface area contributed by atoms with E-state index in [1.807, 2.05) is 0 Å². The van der Waals surface area contributed by atoms with Crippen LogP contribution in [0.25, 0.3) is 0 Å². The smallest absolute Gasteiger partial charge is 0.289 e. The van der Waals surface area contributed by atoms with Crippen molar-refractivity contribution < 1.29 is 13.9 Å². The number of carbonyl (C=O) groups is 1. The first kappa shape index (κ1) is 15.0. The summed E-state index contributed by atoms with van der Waals surface area (Å²) in [7, 11) is 1.70. The minimum Gasteiger partial charge on any atom is -0.436 e. The van der Waals surface area contributed by atoms with Crippen molar-refractivity contribution in [1.29, 1.82) is 0 Å². The second-order valence-electron chi connectivity index (χ2n) is 5.51. The Morgan fingerprint density at radius 1 is 1.45 bits per heavy atom. The van der Waals surface area contributed by atoms with Crippen LogP contribution in [-0.2, 0) is 4.74 Å². The summed E-state index contributed by atoms with van der Waals surface area (Å²) in [5.74, 6) is 0.627. The molecule has 0 saturated carbocycles. The number of hydrogen-bond acceptors (Lipinski definition) is 5. The molecule has 1 aromatic rings. The van der Waals surface area contributed by atoms with Crippen LogP contribution in [0.15, 0.2) is 4.42 Å². The second kappa shape index (κ2) is 6.37. The number of nitrogens with one attached hydrogen (secondary N) is 2.